The highest BCUT2D eigenvalue weighted by Gasteiger charge is 2.12. The zero-order chi connectivity index (χ0) is 17.9. The molecule has 2 aromatic carbocycles. The van der Waals surface area contributed by atoms with Gasteiger partial charge in [0.2, 0.25) is 11.0 Å². The zero-order valence-electron chi connectivity index (χ0n) is 13.9. The maximum Gasteiger partial charge on any atom is 0.226 e. The molecule has 0 spiro atoms. The fourth-order valence-electron chi connectivity index (χ4n) is 2.37. The van der Waals surface area contributed by atoms with Gasteiger partial charge in [-0.1, -0.05) is 29.5 Å². The van der Waals surface area contributed by atoms with E-state index in [4.69, 9.17) is 4.42 Å². The highest BCUT2D eigenvalue weighted by molar-refractivity contribution is 7.98. The molecular weight excluding hydrogens is 350 g/mol. The van der Waals surface area contributed by atoms with Crippen LogP contribution in [0.1, 0.15) is 11.3 Å². The summed E-state index contributed by atoms with van der Waals surface area (Å²) in [7, 11) is 0. The first-order chi connectivity index (χ1) is 12.7. The van der Waals surface area contributed by atoms with Crippen LogP contribution in [0.25, 0.3) is 17.1 Å². The lowest BCUT2D eigenvalue weighted by molar-refractivity contribution is 0.475. The molecule has 0 saturated heterocycles. The normalized spacial score (nSPS) is 11.0. The monoisotopic (exact) mass is 365 g/mol. The third-order valence-electron chi connectivity index (χ3n) is 3.73. The van der Waals surface area contributed by atoms with Crippen LogP contribution in [-0.4, -0.2) is 30.3 Å². The standard InChI is InChI=1S/C18H15N5O2S/c1-12-2-4-13(5-3-12)17-19-14(10-25-17)11-26-18-20-21-22-23(18)15-6-8-16(24)9-7-15/h2-10,24H,11H2,1H3. The summed E-state index contributed by atoms with van der Waals surface area (Å²) < 4.78 is 7.19. The van der Waals surface area contributed by atoms with Crippen molar-refractivity contribution in [1.29, 1.82) is 0 Å². The van der Waals surface area contributed by atoms with Crippen molar-refractivity contribution in [3.63, 3.8) is 0 Å². The number of tetrazole rings is 1. The second kappa shape index (κ2) is 7.01. The Morgan fingerprint density at radius 1 is 1.08 bits per heavy atom. The molecule has 8 heteroatoms. The van der Waals surface area contributed by atoms with Crippen LogP contribution in [0.2, 0.25) is 0 Å². The predicted octanol–water partition coefficient (Wildman–Crippen LogP) is 3.62. The highest BCUT2D eigenvalue weighted by Crippen LogP contribution is 2.25. The molecule has 0 unspecified atom stereocenters. The number of oxazole rings is 1. The Morgan fingerprint density at radius 2 is 1.85 bits per heavy atom. The highest BCUT2D eigenvalue weighted by atomic mass is 32.2. The molecule has 0 bridgehead atoms. The average Bonchev–Trinajstić information content (AvgIpc) is 3.30. The van der Waals surface area contributed by atoms with Crippen molar-refractivity contribution >= 4 is 11.8 Å². The molecule has 0 aliphatic rings. The molecule has 4 rings (SSSR count). The number of rotatable bonds is 5. The summed E-state index contributed by atoms with van der Waals surface area (Å²) in [5, 5.41) is 21.8. The van der Waals surface area contributed by atoms with E-state index in [-0.39, 0.29) is 5.75 Å². The Morgan fingerprint density at radius 3 is 2.62 bits per heavy atom. The zero-order valence-corrected chi connectivity index (χ0v) is 14.7. The topological polar surface area (TPSA) is 89.9 Å². The summed E-state index contributed by atoms with van der Waals surface area (Å²) in [4.78, 5) is 4.53. The van der Waals surface area contributed by atoms with Gasteiger partial charge in [-0.25, -0.2) is 4.98 Å². The van der Waals surface area contributed by atoms with Gasteiger partial charge in [-0.2, -0.15) is 4.68 Å². The second-order valence-electron chi connectivity index (χ2n) is 5.69. The molecule has 130 valence electrons. The summed E-state index contributed by atoms with van der Waals surface area (Å²) in [5.41, 5.74) is 3.72. The fourth-order valence-corrected chi connectivity index (χ4v) is 3.13. The summed E-state index contributed by atoms with van der Waals surface area (Å²) in [5.74, 6) is 1.37. The van der Waals surface area contributed by atoms with Gasteiger partial charge in [-0.05, 0) is 53.7 Å². The number of phenolic OH excluding ortho intramolecular Hbond substituents is 1. The fraction of sp³-hybridized carbons (Fsp3) is 0.111. The van der Waals surface area contributed by atoms with E-state index in [2.05, 4.69) is 20.5 Å². The number of benzene rings is 2. The van der Waals surface area contributed by atoms with Gasteiger partial charge in [0.25, 0.3) is 0 Å². The number of aromatic nitrogens is 5. The Hall–Kier alpha value is -3.13. The van der Waals surface area contributed by atoms with E-state index in [1.807, 2.05) is 31.2 Å². The van der Waals surface area contributed by atoms with Gasteiger partial charge in [0.05, 0.1) is 11.4 Å². The molecule has 2 heterocycles. The van der Waals surface area contributed by atoms with Gasteiger partial charge in [-0.15, -0.1) is 5.10 Å². The summed E-state index contributed by atoms with van der Waals surface area (Å²) in [6.45, 7) is 2.04. The number of aromatic hydroxyl groups is 1. The summed E-state index contributed by atoms with van der Waals surface area (Å²) in [6.07, 6.45) is 1.65. The van der Waals surface area contributed by atoms with Gasteiger partial charge in [-0.3, -0.25) is 0 Å². The van der Waals surface area contributed by atoms with Crippen molar-refractivity contribution in [3.05, 3.63) is 66.1 Å². The molecule has 7 nitrogen and oxygen atoms in total. The average molecular weight is 365 g/mol. The number of hydrogen-bond acceptors (Lipinski definition) is 7. The Kier molecular flexibility index (Phi) is 4.40. The summed E-state index contributed by atoms with van der Waals surface area (Å²) in [6, 6.07) is 14.7. The molecule has 0 aliphatic carbocycles. The maximum atomic E-state index is 9.40. The molecule has 4 aromatic rings. The maximum absolute atomic E-state index is 9.40. The van der Waals surface area contributed by atoms with Crippen molar-refractivity contribution in [2.45, 2.75) is 17.8 Å². The van der Waals surface area contributed by atoms with Crippen LogP contribution < -0.4 is 0 Å². The predicted molar refractivity (Wildman–Crippen MR) is 97.1 cm³/mol. The Bertz CT molecular complexity index is 1010. The quantitative estimate of drug-likeness (QED) is 0.540. The van der Waals surface area contributed by atoms with E-state index >= 15 is 0 Å². The van der Waals surface area contributed by atoms with Crippen molar-refractivity contribution in [3.8, 4) is 22.9 Å². The van der Waals surface area contributed by atoms with Gasteiger partial charge >= 0.3 is 0 Å². The smallest absolute Gasteiger partial charge is 0.226 e. The molecule has 0 aliphatic heterocycles. The van der Waals surface area contributed by atoms with Crippen LogP contribution in [0.4, 0.5) is 0 Å². The van der Waals surface area contributed by atoms with Crippen molar-refractivity contribution in [2.24, 2.45) is 0 Å². The molecule has 0 radical (unpaired) electrons. The molecule has 2 aromatic heterocycles. The first-order valence-electron chi connectivity index (χ1n) is 7.91. The Labute approximate surface area is 153 Å². The van der Waals surface area contributed by atoms with E-state index < -0.39 is 0 Å². The Balaban J connectivity index is 1.48. The van der Waals surface area contributed by atoms with Crippen LogP contribution in [0.3, 0.4) is 0 Å². The number of hydrogen-bond donors (Lipinski definition) is 1. The van der Waals surface area contributed by atoms with Crippen molar-refractivity contribution in [1.82, 2.24) is 25.2 Å². The summed E-state index contributed by atoms with van der Waals surface area (Å²) >= 11 is 1.46. The van der Waals surface area contributed by atoms with Gasteiger partial charge in [0, 0.05) is 11.3 Å². The van der Waals surface area contributed by atoms with Crippen molar-refractivity contribution in [2.75, 3.05) is 0 Å². The van der Waals surface area contributed by atoms with Crippen LogP contribution in [0.5, 0.6) is 5.75 Å². The lowest BCUT2D eigenvalue weighted by atomic mass is 10.1. The molecule has 1 N–H and O–H groups in total. The first kappa shape index (κ1) is 16.3. The van der Waals surface area contributed by atoms with Crippen LogP contribution in [0, 0.1) is 6.92 Å². The van der Waals surface area contributed by atoms with Crippen LogP contribution in [-0.2, 0) is 5.75 Å². The third kappa shape index (κ3) is 3.45. The second-order valence-corrected chi connectivity index (χ2v) is 6.63. The minimum atomic E-state index is 0.197. The number of thioether (sulfide) groups is 1. The first-order valence-corrected chi connectivity index (χ1v) is 8.89. The van der Waals surface area contributed by atoms with Crippen LogP contribution >= 0.6 is 11.8 Å². The molecule has 0 atom stereocenters. The minimum absolute atomic E-state index is 0.197. The van der Waals surface area contributed by atoms with E-state index in [1.165, 1.54) is 17.3 Å². The third-order valence-corrected chi connectivity index (χ3v) is 4.69. The largest absolute Gasteiger partial charge is 0.508 e. The molecule has 0 fully saturated rings. The van der Waals surface area contributed by atoms with E-state index in [1.54, 1.807) is 35.2 Å². The molecule has 26 heavy (non-hydrogen) atoms. The lowest BCUT2D eigenvalue weighted by Crippen LogP contribution is -1.98. The van der Waals surface area contributed by atoms with Gasteiger partial charge < -0.3 is 9.52 Å². The number of aryl methyl sites for hydroxylation is 1. The molecule has 0 amide bonds. The van der Waals surface area contributed by atoms with E-state index in [9.17, 15) is 5.11 Å². The number of phenols is 1. The molecule has 0 saturated carbocycles. The van der Waals surface area contributed by atoms with Crippen molar-refractivity contribution < 1.29 is 9.52 Å². The lowest BCUT2D eigenvalue weighted by Gasteiger charge is -2.03. The van der Waals surface area contributed by atoms with Crippen LogP contribution in [0.15, 0.2) is 64.4 Å². The van der Waals surface area contributed by atoms with E-state index in [0.717, 1.165) is 16.9 Å². The molecular formula is C18H15N5O2S. The van der Waals surface area contributed by atoms with Gasteiger partial charge in [0.1, 0.15) is 12.0 Å². The number of nitrogens with zero attached hydrogens (tertiary/aromatic N) is 5. The van der Waals surface area contributed by atoms with Gasteiger partial charge in [0.15, 0.2) is 0 Å². The van der Waals surface area contributed by atoms with E-state index in [0.29, 0.717) is 16.8 Å². The SMILES string of the molecule is Cc1ccc(-c2nc(CSc3nnnn3-c3ccc(O)cc3)co2)cc1. The minimum Gasteiger partial charge on any atom is -0.508 e.